The van der Waals surface area contributed by atoms with E-state index in [-0.39, 0.29) is 31.1 Å². The van der Waals surface area contributed by atoms with Crippen LogP contribution in [0, 0.1) is 130 Å². The summed E-state index contributed by atoms with van der Waals surface area (Å²) in [7, 11) is 0. The standard InChI is InChI=1S/C9H18.C9H16.2C8H14F2.C8H15F.2C8H16.C7H12F2.C7H13F.C7H14O.C7H14S.C7H16.C6H14/c1-8(2)6-7-9-4-3-5-9;1-8(2)7-9-5-3-4-6-9;1-6(2)3-7-4-8(9,10)5-7;1-6(2)8(9,10)7-4-3-5-7;1-7(2)6-8(9)4-3-5-8;1-7(2)6-8(3)4-5-8;1-7(2)6-8-4-3-5-8;1-5(2)3-6-4-7(6,8)9;1-6(2)5-7(8)3-4-7;2*1-6(2)3-7-4-8-5-7;1-4-5-6-7(2)3;1-4-5-6(2)3/h8-9H,3-7H2,1-2H3;3,5,8-9H,4,6-7H2,1-2H3;2*6-7H,3-5H2,1-2H3;7H,3-6H2,1-2H3;7H,4-6H2,1-3H3;7-8H,3-6H2,1-2H3;5-6H,3-4H2,1-2H3;6H,3-5H2,1-2H3;2*6-7H,3-5H2,1-2H3;7H,4-6H2,1-3H3;6H,4-5H2,1-3H3. The maximum Gasteiger partial charge on any atom is 0.253 e. The molecule has 2 aliphatic heterocycles. The molecule has 0 aromatic carbocycles. The van der Waals surface area contributed by atoms with Gasteiger partial charge in [-0.3, -0.25) is 0 Å². The van der Waals surface area contributed by atoms with Gasteiger partial charge in [0, 0.05) is 42.9 Å². The highest BCUT2D eigenvalue weighted by atomic mass is 32.2. The van der Waals surface area contributed by atoms with Gasteiger partial charge in [0.25, 0.3) is 11.8 Å². The van der Waals surface area contributed by atoms with E-state index >= 15 is 0 Å². The van der Waals surface area contributed by atoms with Gasteiger partial charge in [-0.25, -0.2) is 35.1 Å². The molecule has 2 atom stereocenters. The SMILES string of the molecule is CC(C)C(F)(F)C1CCC1.CC(C)CC1(C)CC1.CC(C)CC1(F)CC1.CC(C)CC1(F)CCC1.CC(C)CC1C=CCC1.CC(C)CC1CC(F)(F)C1.CC(C)CC1CC1(F)F.CC(C)CC1CCC1.CC(C)CC1COC1.CC(C)CC1CSC1.CC(C)CCC1CCC1.CCCC(C)C.CCCCC(C)C. The highest BCUT2D eigenvalue weighted by Gasteiger charge is 2.56. The molecule has 11 aliphatic rings. The Morgan fingerprint density at radius 2 is 0.817 bits per heavy atom. The van der Waals surface area contributed by atoms with Crippen LogP contribution in [0.1, 0.15) is 438 Å². The summed E-state index contributed by atoms with van der Waals surface area (Å²) in [5.74, 6) is 9.37. The Kier molecular flexibility index (Phi) is 60.0. The summed E-state index contributed by atoms with van der Waals surface area (Å²) >= 11 is 2.09. The van der Waals surface area contributed by atoms with Crippen LogP contribution in [-0.4, -0.2) is 53.8 Å². The van der Waals surface area contributed by atoms with Gasteiger partial charge in [0.05, 0.1) is 13.2 Å². The van der Waals surface area contributed by atoms with E-state index < -0.39 is 35.0 Å². The minimum Gasteiger partial charge on any atom is -0.381 e. The van der Waals surface area contributed by atoms with Crippen LogP contribution in [0.5, 0.6) is 0 Å². The lowest BCUT2D eigenvalue weighted by molar-refractivity contribution is -0.122. The second-order valence-electron chi connectivity index (χ2n) is 42.6. The van der Waals surface area contributed by atoms with Gasteiger partial charge in [-0.2, -0.15) is 11.8 Å². The van der Waals surface area contributed by atoms with E-state index in [1.165, 1.54) is 153 Å². The molecule has 10 fully saturated rings. The molecule has 8 saturated carbocycles. The summed E-state index contributed by atoms with van der Waals surface area (Å²) in [4.78, 5) is 0. The molecule has 0 N–H and O–H groups in total. The van der Waals surface area contributed by atoms with Crippen LogP contribution < -0.4 is 0 Å². The van der Waals surface area contributed by atoms with E-state index in [0.29, 0.717) is 36.0 Å². The fourth-order valence-electron chi connectivity index (χ4n) is 15.6. The summed E-state index contributed by atoms with van der Waals surface area (Å²) < 4.78 is 106. The summed E-state index contributed by atoms with van der Waals surface area (Å²) in [6.45, 7) is 65.2. The van der Waals surface area contributed by atoms with Crippen molar-refractivity contribution in [2.24, 2.45) is 130 Å². The number of thioether (sulfide) groups is 1. The Morgan fingerprint density at radius 3 is 0.982 bits per heavy atom. The molecule has 9 aliphatic carbocycles. The molecule has 0 amide bonds. The van der Waals surface area contributed by atoms with Gasteiger partial charge >= 0.3 is 0 Å². The lowest BCUT2D eigenvalue weighted by Crippen LogP contribution is -2.37. The van der Waals surface area contributed by atoms with Crippen molar-refractivity contribution in [3.05, 3.63) is 12.2 Å². The Balaban J connectivity index is 0. The molecular weight excluding hydrogens is 1390 g/mol. The Labute approximate surface area is 681 Å². The van der Waals surface area contributed by atoms with Crippen LogP contribution in [0.25, 0.3) is 0 Å². The maximum atomic E-state index is 13.2. The van der Waals surface area contributed by atoms with Crippen molar-refractivity contribution in [3.63, 3.8) is 0 Å². The molecule has 0 radical (unpaired) electrons. The Hall–Kier alpha value is -0.510. The number of ether oxygens (including phenoxy) is 1. The van der Waals surface area contributed by atoms with Gasteiger partial charge in [0.2, 0.25) is 5.92 Å². The Bertz CT molecular complexity index is 2010. The molecular formula is C99H192F8OS. The smallest absolute Gasteiger partial charge is 0.253 e. The average Bonchev–Trinajstić information content (AvgIpc) is 1.68. The van der Waals surface area contributed by atoms with Crippen LogP contribution in [-0.2, 0) is 4.74 Å². The van der Waals surface area contributed by atoms with E-state index in [0.717, 1.165) is 166 Å². The number of unbranched alkanes of at least 4 members (excludes halogenated alkanes) is 1. The van der Waals surface area contributed by atoms with Crippen LogP contribution in [0.4, 0.5) is 35.1 Å². The van der Waals surface area contributed by atoms with Gasteiger partial charge in [-0.1, -0.05) is 303 Å². The first-order chi connectivity index (χ1) is 50.4. The zero-order valence-corrected chi connectivity index (χ0v) is 78.9. The first-order valence-electron chi connectivity index (χ1n) is 46.7. The molecule has 109 heavy (non-hydrogen) atoms. The molecule has 2 heterocycles. The van der Waals surface area contributed by atoms with E-state index in [9.17, 15) is 35.1 Å². The summed E-state index contributed by atoms with van der Waals surface area (Å²) in [6, 6.07) is 0. The zero-order valence-electron chi connectivity index (χ0n) is 78.1. The number of allylic oxidation sites excluding steroid dienone is 2. The summed E-state index contributed by atoms with van der Waals surface area (Å²) in [6.07, 6.45) is 46.7. The van der Waals surface area contributed by atoms with Crippen LogP contribution >= 0.6 is 11.8 Å². The third-order valence-corrected chi connectivity index (χ3v) is 24.4. The van der Waals surface area contributed by atoms with Gasteiger partial charge in [0.15, 0.2) is 0 Å². The van der Waals surface area contributed by atoms with Crippen molar-refractivity contribution in [1.82, 2.24) is 0 Å². The highest BCUT2D eigenvalue weighted by Crippen LogP contribution is 2.52. The zero-order chi connectivity index (χ0) is 83.9. The molecule has 0 spiro atoms. The first-order valence-corrected chi connectivity index (χ1v) is 47.9. The molecule has 2 saturated heterocycles. The highest BCUT2D eigenvalue weighted by molar-refractivity contribution is 8.00. The molecule has 0 aromatic heterocycles. The lowest BCUT2D eigenvalue weighted by Gasteiger charge is -2.35. The second-order valence-corrected chi connectivity index (χ2v) is 43.7. The minimum absolute atomic E-state index is 0.130. The summed E-state index contributed by atoms with van der Waals surface area (Å²) in [5, 5.41) is 0. The Morgan fingerprint density at radius 1 is 0.404 bits per heavy atom. The normalized spacial score (nSPS) is 22.0. The van der Waals surface area contributed by atoms with Crippen LogP contribution in [0.3, 0.4) is 0 Å². The van der Waals surface area contributed by atoms with Crippen molar-refractivity contribution < 1.29 is 39.9 Å². The monoisotopic (exact) mass is 1580 g/mol. The lowest BCUT2D eigenvalue weighted by atomic mass is 9.77. The molecule has 656 valence electrons. The van der Waals surface area contributed by atoms with Crippen molar-refractivity contribution in [2.45, 2.75) is 467 Å². The largest absolute Gasteiger partial charge is 0.381 e. The van der Waals surface area contributed by atoms with Crippen molar-refractivity contribution in [3.8, 4) is 0 Å². The van der Waals surface area contributed by atoms with E-state index in [1.54, 1.807) is 13.8 Å². The quantitative estimate of drug-likeness (QED) is 0.0570. The first kappa shape index (κ1) is 111. The third kappa shape index (κ3) is 64.2. The second kappa shape index (κ2) is 59.2. The predicted molar refractivity (Wildman–Crippen MR) is 471 cm³/mol. The number of hydrogen-bond acceptors (Lipinski definition) is 2. The fraction of sp³-hybridized carbons (Fsp3) is 0.980. The maximum absolute atomic E-state index is 13.2. The third-order valence-electron chi connectivity index (χ3n) is 23.0. The van der Waals surface area contributed by atoms with Gasteiger partial charge in [-0.05, 0) is 246 Å². The molecule has 11 rings (SSSR count). The van der Waals surface area contributed by atoms with E-state index in [4.69, 9.17) is 4.74 Å². The molecule has 0 bridgehead atoms. The van der Waals surface area contributed by atoms with Crippen LogP contribution in [0.15, 0.2) is 12.2 Å². The molecule has 1 nitrogen and oxygen atoms in total. The van der Waals surface area contributed by atoms with Crippen molar-refractivity contribution in [1.29, 1.82) is 0 Å². The number of halogens is 8. The minimum atomic E-state index is -2.40. The van der Waals surface area contributed by atoms with Gasteiger partial charge in [-0.15, -0.1) is 0 Å². The van der Waals surface area contributed by atoms with Gasteiger partial charge < -0.3 is 4.74 Å². The van der Waals surface area contributed by atoms with Crippen molar-refractivity contribution >= 4 is 11.8 Å². The van der Waals surface area contributed by atoms with E-state index in [2.05, 4.69) is 197 Å². The fourth-order valence-corrected chi connectivity index (χ4v) is 16.4. The number of rotatable bonds is 28. The summed E-state index contributed by atoms with van der Waals surface area (Å²) in [5.41, 5.74) is -0.712. The van der Waals surface area contributed by atoms with Crippen molar-refractivity contribution in [2.75, 3.05) is 24.7 Å². The topological polar surface area (TPSA) is 9.23 Å². The van der Waals surface area contributed by atoms with E-state index in [1.807, 2.05) is 13.8 Å². The molecule has 0 aromatic rings. The number of alkyl halides is 8. The number of hydrogen-bond donors (Lipinski definition) is 0. The molecule has 10 heteroatoms. The van der Waals surface area contributed by atoms with Crippen LogP contribution in [0.2, 0.25) is 0 Å². The predicted octanol–water partition coefficient (Wildman–Crippen LogP) is 35.5. The van der Waals surface area contributed by atoms with Gasteiger partial charge in [0.1, 0.15) is 11.3 Å². The molecule has 2 unspecified atom stereocenters. The average molecular weight is 1580 g/mol.